The standard InChI is InChI=1S/C37H34N4O4S/c42-30-15-13-26(14-16-30)21-29-23-40-33(24-39(35(29)43)22-28-11-6-10-27-9-4-5-12-31(27)28)41(32-18-20-46-34(32)36(40)44)37(45)38-19-17-25-7-2-1-3-8-25/h1-16,18,20,29,33,42H,17,19,21-24H2,(H,38,45)/t29-,33?/m1/s1. The van der Waals surface area contributed by atoms with E-state index in [9.17, 15) is 19.5 Å². The Morgan fingerprint density at radius 2 is 1.61 bits per heavy atom. The van der Waals surface area contributed by atoms with Crippen LogP contribution in [0.5, 0.6) is 5.75 Å². The van der Waals surface area contributed by atoms with Gasteiger partial charge < -0.3 is 20.2 Å². The number of nitrogens with zero attached hydrogens (tertiary/aromatic N) is 3. The summed E-state index contributed by atoms with van der Waals surface area (Å²) in [4.78, 5) is 48.2. The molecule has 3 heterocycles. The number of rotatable bonds is 7. The van der Waals surface area contributed by atoms with Crippen molar-refractivity contribution in [1.82, 2.24) is 15.1 Å². The molecule has 232 valence electrons. The molecule has 5 aromatic rings. The van der Waals surface area contributed by atoms with Gasteiger partial charge in [0.2, 0.25) is 5.91 Å². The molecule has 1 saturated heterocycles. The topological polar surface area (TPSA) is 93.2 Å². The average Bonchev–Trinajstić information content (AvgIpc) is 3.52. The van der Waals surface area contributed by atoms with Gasteiger partial charge in [0.05, 0.1) is 18.2 Å². The Hall–Kier alpha value is -5.15. The summed E-state index contributed by atoms with van der Waals surface area (Å²) in [5, 5.41) is 16.9. The van der Waals surface area contributed by atoms with Crippen molar-refractivity contribution in [3.8, 4) is 5.75 Å². The van der Waals surface area contributed by atoms with E-state index >= 15 is 0 Å². The number of carbonyl (C=O) groups is 3. The van der Waals surface area contributed by atoms with Crippen molar-refractivity contribution >= 4 is 45.6 Å². The number of fused-ring (bicyclic) bond motifs is 3. The quantitative estimate of drug-likeness (QED) is 0.229. The summed E-state index contributed by atoms with van der Waals surface area (Å²) >= 11 is 1.31. The number of carbonyl (C=O) groups excluding carboxylic acids is 3. The van der Waals surface area contributed by atoms with Crippen LogP contribution in [0.25, 0.3) is 10.8 Å². The van der Waals surface area contributed by atoms with Crippen molar-refractivity contribution in [3.63, 3.8) is 0 Å². The molecule has 2 N–H and O–H groups in total. The third-order valence-corrected chi connectivity index (χ3v) is 9.78. The maximum absolute atomic E-state index is 14.4. The van der Waals surface area contributed by atoms with Gasteiger partial charge in [-0.1, -0.05) is 84.9 Å². The number of benzene rings is 4. The number of urea groups is 1. The van der Waals surface area contributed by atoms with Crippen LogP contribution in [0.15, 0.2) is 109 Å². The van der Waals surface area contributed by atoms with Gasteiger partial charge in [0.15, 0.2) is 0 Å². The average molecular weight is 631 g/mol. The summed E-state index contributed by atoms with van der Waals surface area (Å²) < 4.78 is 0. The number of phenols is 1. The molecule has 0 bridgehead atoms. The van der Waals surface area contributed by atoms with Crippen LogP contribution in [0.1, 0.15) is 26.4 Å². The highest BCUT2D eigenvalue weighted by atomic mass is 32.1. The van der Waals surface area contributed by atoms with Crippen molar-refractivity contribution in [1.29, 1.82) is 0 Å². The molecule has 46 heavy (non-hydrogen) atoms. The number of amides is 4. The Balaban J connectivity index is 1.24. The molecule has 0 radical (unpaired) electrons. The fourth-order valence-electron chi connectivity index (χ4n) is 6.60. The summed E-state index contributed by atoms with van der Waals surface area (Å²) in [5.41, 5.74) is 3.58. The number of anilines is 1. The van der Waals surface area contributed by atoms with Crippen molar-refractivity contribution in [3.05, 3.63) is 130 Å². The fourth-order valence-corrected chi connectivity index (χ4v) is 7.44. The van der Waals surface area contributed by atoms with Gasteiger partial charge in [0, 0.05) is 19.6 Å². The van der Waals surface area contributed by atoms with E-state index in [1.165, 1.54) is 11.3 Å². The van der Waals surface area contributed by atoms with Gasteiger partial charge in [0.1, 0.15) is 16.8 Å². The van der Waals surface area contributed by atoms with Crippen LogP contribution in [-0.4, -0.2) is 58.6 Å². The van der Waals surface area contributed by atoms with Crippen molar-refractivity contribution in [2.45, 2.75) is 25.6 Å². The highest BCUT2D eigenvalue weighted by Crippen LogP contribution is 2.38. The minimum Gasteiger partial charge on any atom is -0.508 e. The highest BCUT2D eigenvalue weighted by molar-refractivity contribution is 7.12. The van der Waals surface area contributed by atoms with Crippen LogP contribution in [-0.2, 0) is 24.2 Å². The van der Waals surface area contributed by atoms with Gasteiger partial charge in [-0.15, -0.1) is 11.3 Å². The SMILES string of the molecule is O=C1[C@H](Cc2ccc(O)cc2)CN2C(=O)c3sccc3N(C(=O)NCCc3ccccc3)C2CN1Cc1cccc2ccccc12. The van der Waals surface area contributed by atoms with Gasteiger partial charge in [-0.25, -0.2) is 4.79 Å². The van der Waals surface area contributed by atoms with Crippen LogP contribution in [0.3, 0.4) is 0 Å². The highest BCUT2D eigenvalue weighted by Gasteiger charge is 2.47. The first kappa shape index (κ1) is 29.6. The van der Waals surface area contributed by atoms with Crippen molar-refractivity contribution in [2.75, 3.05) is 24.5 Å². The molecule has 2 aliphatic rings. The minimum atomic E-state index is -0.685. The van der Waals surface area contributed by atoms with Crippen LogP contribution in [0, 0.1) is 5.92 Å². The van der Waals surface area contributed by atoms with Gasteiger partial charge in [-0.3, -0.25) is 14.5 Å². The number of nitrogens with one attached hydrogen (secondary N) is 1. The smallest absolute Gasteiger partial charge is 0.323 e. The second-order valence-electron chi connectivity index (χ2n) is 11.8. The lowest BCUT2D eigenvalue weighted by Gasteiger charge is -2.43. The third kappa shape index (κ3) is 5.81. The second-order valence-corrected chi connectivity index (χ2v) is 12.8. The number of aromatic hydroxyl groups is 1. The van der Waals surface area contributed by atoms with Gasteiger partial charge in [-0.2, -0.15) is 0 Å². The van der Waals surface area contributed by atoms with Gasteiger partial charge in [0.25, 0.3) is 5.91 Å². The molecule has 1 unspecified atom stereocenters. The lowest BCUT2D eigenvalue weighted by Crippen LogP contribution is -2.62. The van der Waals surface area contributed by atoms with E-state index in [0.717, 1.165) is 27.5 Å². The maximum Gasteiger partial charge on any atom is 0.323 e. The van der Waals surface area contributed by atoms with E-state index < -0.39 is 12.1 Å². The molecule has 7 rings (SSSR count). The van der Waals surface area contributed by atoms with Crippen molar-refractivity contribution < 1.29 is 19.5 Å². The first-order chi connectivity index (χ1) is 22.5. The van der Waals surface area contributed by atoms with Gasteiger partial charge >= 0.3 is 6.03 Å². The van der Waals surface area contributed by atoms with Crippen LogP contribution in [0.2, 0.25) is 0 Å². The summed E-state index contributed by atoms with van der Waals surface area (Å²) in [6.45, 7) is 1.11. The minimum absolute atomic E-state index is 0.0731. The zero-order valence-electron chi connectivity index (χ0n) is 25.2. The van der Waals surface area contributed by atoms with E-state index in [1.807, 2.05) is 83.1 Å². The van der Waals surface area contributed by atoms with Gasteiger partial charge in [-0.05, 0) is 63.9 Å². The Morgan fingerprint density at radius 1 is 0.848 bits per heavy atom. The molecule has 1 fully saturated rings. The molecule has 4 aromatic carbocycles. The monoisotopic (exact) mass is 630 g/mol. The Bertz CT molecular complexity index is 1890. The van der Waals surface area contributed by atoms with E-state index in [4.69, 9.17) is 0 Å². The number of hydrogen-bond acceptors (Lipinski definition) is 5. The molecule has 2 atom stereocenters. The molecular weight excluding hydrogens is 596 g/mol. The molecule has 0 aliphatic carbocycles. The third-order valence-electron chi connectivity index (χ3n) is 8.89. The lowest BCUT2D eigenvalue weighted by atomic mass is 9.96. The predicted octanol–water partition coefficient (Wildman–Crippen LogP) is 6.05. The summed E-state index contributed by atoms with van der Waals surface area (Å²) in [6.07, 6.45) is 0.377. The maximum atomic E-state index is 14.4. The Morgan fingerprint density at radius 3 is 2.43 bits per heavy atom. The summed E-state index contributed by atoms with van der Waals surface area (Å²) in [5.74, 6) is -0.633. The van der Waals surface area contributed by atoms with E-state index in [1.54, 1.807) is 21.9 Å². The molecule has 2 aliphatic heterocycles. The summed E-state index contributed by atoms with van der Waals surface area (Å²) in [6, 6.07) is 32.5. The number of hydrogen-bond donors (Lipinski definition) is 2. The number of phenolic OH excluding ortho intramolecular Hbond substituents is 1. The molecule has 0 saturated carbocycles. The molecule has 1 aromatic heterocycles. The summed E-state index contributed by atoms with van der Waals surface area (Å²) in [7, 11) is 0. The molecule has 4 amide bonds. The first-order valence-corrected chi connectivity index (χ1v) is 16.4. The van der Waals surface area contributed by atoms with Crippen LogP contribution < -0.4 is 10.2 Å². The van der Waals surface area contributed by atoms with E-state index in [-0.39, 0.29) is 36.7 Å². The zero-order valence-corrected chi connectivity index (χ0v) is 26.0. The molecule has 9 heteroatoms. The Kier molecular flexibility index (Phi) is 8.15. The Labute approximate surface area is 271 Å². The second kappa shape index (κ2) is 12.7. The molecule has 0 spiro atoms. The lowest BCUT2D eigenvalue weighted by molar-refractivity contribution is -0.135. The first-order valence-electron chi connectivity index (χ1n) is 15.5. The number of thiophene rings is 1. The predicted molar refractivity (Wildman–Crippen MR) is 180 cm³/mol. The van der Waals surface area contributed by atoms with Crippen LogP contribution in [0.4, 0.5) is 10.5 Å². The molecule has 8 nitrogen and oxygen atoms in total. The zero-order chi connectivity index (χ0) is 31.6. The van der Waals surface area contributed by atoms with E-state index in [0.29, 0.717) is 36.5 Å². The molecular formula is C37H34N4O4S. The normalized spacial score (nSPS) is 17.9. The fraction of sp³-hybridized carbons (Fsp3) is 0.216. The van der Waals surface area contributed by atoms with E-state index in [2.05, 4.69) is 23.5 Å². The van der Waals surface area contributed by atoms with Crippen molar-refractivity contribution in [2.24, 2.45) is 5.92 Å². The van der Waals surface area contributed by atoms with Crippen LogP contribution >= 0.6 is 11.3 Å². The largest absolute Gasteiger partial charge is 0.508 e.